The third-order valence-corrected chi connectivity index (χ3v) is 6.73. The lowest BCUT2D eigenvalue weighted by Crippen LogP contribution is -2.27. The van der Waals surface area contributed by atoms with Crippen LogP contribution in [0.4, 0.5) is 17.2 Å². The molecule has 1 heterocycles. The van der Waals surface area contributed by atoms with E-state index in [0.717, 1.165) is 17.7 Å². The Balaban J connectivity index is 0.000000452. The molecule has 2 aromatic rings. The van der Waals surface area contributed by atoms with Crippen molar-refractivity contribution in [3.05, 3.63) is 75.0 Å². The number of hydrogen-bond acceptors (Lipinski definition) is 12. The molecular weight excluding hydrogens is 560 g/mol. The molecule has 0 spiro atoms. The molecule has 13 heteroatoms. The Bertz CT molecular complexity index is 1350. The molecule has 0 bridgehead atoms. The third kappa shape index (κ3) is 11.2. The summed E-state index contributed by atoms with van der Waals surface area (Å²) in [6, 6.07) is 9.22. The van der Waals surface area contributed by atoms with Gasteiger partial charge in [-0.3, -0.25) is 9.36 Å². The van der Waals surface area contributed by atoms with E-state index < -0.39 is 17.5 Å². The van der Waals surface area contributed by atoms with E-state index in [-0.39, 0.29) is 30.3 Å². The number of pyridine rings is 1. The van der Waals surface area contributed by atoms with Gasteiger partial charge in [-0.1, -0.05) is 26.5 Å². The van der Waals surface area contributed by atoms with E-state index in [0.29, 0.717) is 42.0 Å². The number of nitrogens with zero attached hydrogens (tertiary/aromatic N) is 4. The van der Waals surface area contributed by atoms with E-state index in [1.165, 1.54) is 23.4 Å². The van der Waals surface area contributed by atoms with Crippen LogP contribution < -0.4 is 17.0 Å². The first-order chi connectivity index (χ1) is 19.9. The van der Waals surface area contributed by atoms with Gasteiger partial charge in [0.15, 0.2) is 0 Å². The molecule has 0 radical (unpaired) electrons. The molecule has 4 N–H and O–H groups in total. The molecule has 1 aromatic heterocycles. The molecule has 226 valence electrons. The number of rotatable bonds is 14. The number of esters is 2. The fourth-order valence-corrected chi connectivity index (χ4v) is 4.09. The molecule has 12 nitrogen and oxygen atoms in total. The number of aromatic nitrogens is 1. The Labute approximate surface area is 250 Å². The van der Waals surface area contributed by atoms with Crippen molar-refractivity contribution in [1.29, 1.82) is 5.26 Å². The van der Waals surface area contributed by atoms with Gasteiger partial charge in [-0.2, -0.15) is 5.26 Å². The normalized spacial score (nSPS) is 10.2. The van der Waals surface area contributed by atoms with Crippen molar-refractivity contribution in [3.8, 4) is 6.07 Å². The number of nitrogens with two attached hydrogens (primary N) is 2. The van der Waals surface area contributed by atoms with Gasteiger partial charge in [-0.25, -0.2) is 13.9 Å². The molecule has 0 saturated carbocycles. The smallest absolute Gasteiger partial charge is 0.333 e. The number of nitriles is 1. The van der Waals surface area contributed by atoms with Crippen LogP contribution >= 0.6 is 11.9 Å². The quantitative estimate of drug-likeness (QED) is 0.102. The highest BCUT2D eigenvalue weighted by atomic mass is 32.2. The average Bonchev–Trinajstić information content (AvgIpc) is 2.95. The summed E-state index contributed by atoms with van der Waals surface area (Å²) in [5.74, 6) is -0.933. The zero-order valence-electron chi connectivity index (χ0n) is 24.5. The number of carbonyl (C=O) groups is 2. The maximum Gasteiger partial charge on any atom is 0.333 e. The van der Waals surface area contributed by atoms with Gasteiger partial charge in [0.2, 0.25) is 5.82 Å². The lowest BCUT2D eigenvalue weighted by molar-refractivity contribution is -0.139. The highest BCUT2D eigenvalue weighted by Gasteiger charge is 2.17. The number of nitrogen functional groups attached to an aromatic ring is 2. The number of anilines is 2. The van der Waals surface area contributed by atoms with Crippen LogP contribution in [0.3, 0.4) is 0 Å². The molecule has 0 aliphatic carbocycles. The van der Waals surface area contributed by atoms with Gasteiger partial charge in [-0.05, 0) is 74.1 Å². The molecule has 42 heavy (non-hydrogen) atoms. The Morgan fingerprint density at radius 2 is 1.60 bits per heavy atom. The van der Waals surface area contributed by atoms with E-state index in [9.17, 15) is 19.3 Å². The van der Waals surface area contributed by atoms with Crippen LogP contribution in [0.2, 0.25) is 0 Å². The largest absolute Gasteiger partial charge is 0.461 e. The first-order valence-electron chi connectivity index (χ1n) is 13.1. The van der Waals surface area contributed by atoms with E-state index in [1.54, 1.807) is 13.8 Å². The second-order valence-electron chi connectivity index (χ2n) is 9.17. The van der Waals surface area contributed by atoms with Gasteiger partial charge in [0, 0.05) is 41.4 Å². The van der Waals surface area contributed by atoms with Crippen molar-refractivity contribution in [2.75, 3.05) is 37.8 Å². The summed E-state index contributed by atoms with van der Waals surface area (Å²) in [4.78, 5) is 46.6. The number of benzene rings is 1. The lowest BCUT2D eigenvalue weighted by Gasteiger charge is -2.21. The molecule has 0 saturated heterocycles. The van der Waals surface area contributed by atoms with Crippen molar-refractivity contribution >= 4 is 41.1 Å². The van der Waals surface area contributed by atoms with Gasteiger partial charge < -0.3 is 20.9 Å². The van der Waals surface area contributed by atoms with Crippen LogP contribution in [-0.4, -0.2) is 47.1 Å². The third-order valence-electron chi connectivity index (χ3n) is 5.63. The standard InChI is InChI=1S/C18H24N2O4S.C11H14N4O2/c1-13(2)17(21)23-11-9-20(10-12-24-18(22)14(3)4)25-16-7-5-15(19)6-8-16;1-3-4-5-15-10(14-17)9(13)7(2)8(6-12)11(15)16/h5-8H,1,3,9-12,19H2,2,4H3;3-5,13H2,1-2H3. The minimum absolute atomic E-state index is 0.0222. The number of nitroso groups, excluding NO2 is 1. The lowest BCUT2D eigenvalue weighted by atomic mass is 10.1. The summed E-state index contributed by atoms with van der Waals surface area (Å²) in [6.45, 7) is 15.5. The summed E-state index contributed by atoms with van der Waals surface area (Å²) in [5.41, 5.74) is 12.7. The second kappa shape index (κ2) is 18.1. The Kier molecular flexibility index (Phi) is 15.4. The molecular formula is C29H38N6O6S. The summed E-state index contributed by atoms with van der Waals surface area (Å²) in [5, 5.41) is 11.7. The zero-order chi connectivity index (χ0) is 31.8. The Hall–Kier alpha value is -4.41. The first-order valence-corrected chi connectivity index (χ1v) is 13.8. The van der Waals surface area contributed by atoms with Crippen LogP contribution in [0, 0.1) is 23.2 Å². The number of ether oxygens (including phenoxy) is 2. The average molecular weight is 599 g/mol. The molecule has 0 aliphatic rings. The van der Waals surface area contributed by atoms with E-state index >= 15 is 0 Å². The van der Waals surface area contributed by atoms with Gasteiger partial charge >= 0.3 is 11.9 Å². The monoisotopic (exact) mass is 598 g/mol. The van der Waals surface area contributed by atoms with Crippen LogP contribution in [0.25, 0.3) is 0 Å². The molecule has 0 amide bonds. The van der Waals surface area contributed by atoms with E-state index in [1.807, 2.05) is 41.6 Å². The van der Waals surface area contributed by atoms with Gasteiger partial charge in [0.05, 0.1) is 5.69 Å². The van der Waals surface area contributed by atoms with Crippen molar-refractivity contribution in [1.82, 2.24) is 8.87 Å². The SMILES string of the molecule is C=C(C)C(=O)OCCN(CCOC(=O)C(=C)C)Sc1ccc(N)cc1.CCCCn1c(N=O)c(N)c(C)c(C#N)c1=O. The maximum atomic E-state index is 11.9. The number of hydrogen-bond donors (Lipinski definition) is 2. The molecule has 0 aliphatic heterocycles. The number of carbonyl (C=O) groups excluding carboxylic acids is 2. The zero-order valence-corrected chi connectivity index (χ0v) is 25.3. The summed E-state index contributed by atoms with van der Waals surface area (Å²) < 4.78 is 13.4. The highest BCUT2D eigenvalue weighted by molar-refractivity contribution is 7.97. The summed E-state index contributed by atoms with van der Waals surface area (Å²) >= 11 is 1.47. The molecule has 2 rings (SSSR count). The Morgan fingerprint density at radius 3 is 2.02 bits per heavy atom. The summed E-state index contributed by atoms with van der Waals surface area (Å²) in [7, 11) is 0. The minimum Gasteiger partial charge on any atom is -0.461 e. The van der Waals surface area contributed by atoms with Crippen molar-refractivity contribution in [2.24, 2.45) is 5.18 Å². The van der Waals surface area contributed by atoms with E-state index in [2.05, 4.69) is 18.3 Å². The fourth-order valence-electron chi connectivity index (χ4n) is 3.20. The maximum absolute atomic E-state index is 11.9. The van der Waals surface area contributed by atoms with Crippen molar-refractivity contribution in [2.45, 2.75) is 52.0 Å². The van der Waals surface area contributed by atoms with Gasteiger partial charge in [0.25, 0.3) is 5.56 Å². The van der Waals surface area contributed by atoms with Crippen molar-refractivity contribution in [3.63, 3.8) is 0 Å². The predicted octanol–water partition coefficient (Wildman–Crippen LogP) is 4.63. The van der Waals surface area contributed by atoms with Gasteiger partial charge in [0.1, 0.15) is 24.8 Å². The van der Waals surface area contributed by atoms with Crippen LogP contribution in [0.15, 0.2) is 63.4 Å². The summed E-state index contributed by atoms with van der Waals surface area (Å²) in [6.07, 6.45) is 1.58. The fraction of sp³-hybridized carbons (Fsp3) is 0.379. The molecule has 1 aromatic carbocycles. The topological polar surface area (TPSA) is 183 Å². The number of unbranched alkanes of at least 4 members (excludes halogenated alkanes) is 1. The highest BCUT2D eigenvalue weighted by Crippen LogP contribution is 2.26. The Morgan fingerprint density at radius 1 is 1.07 bits per heavy atom. The van der Waals surface area contributed by atoms with E-state index in [4.69, 9.17) is 26.2 Å². The molecule has 0 fully saturated rings. The van der Waals surface area contributed by atoms with Crippen LogP contribution in [0.5, 0.6) is 0 Å². The first kappa shape index (κ1) is 35.6. The molecule has 0 atom stereocenters. The van der Waals surface area contributed by atoms with Crippen LogP contribution in [-0.2, 0) is 25.6 Å². The van der Waals surface area contributed by atoms with Gasteiger partial charge in [-0.15, -0.1) is 4.91 Å². The second-order valence-corrected chi connectivity index (χ2v) is 10.3. The van der Waals surface area contributed by atoms with Crippen molar-refractivity contribution < 1.29 is 19.1 Å². The van der Waals surface area contributed by atoms with Crippen LogP contribution in [0.1, 0.15) is 44.7 Å². The predicted molar refractivity (Wildman–Crippen MR) is 165 cm³/mol. The molecule has 0 unspecified atom stereocenters. The minimum atomic E-state index is -0.498.